The second-order valence-electron chi connectivity index (χ2n) is 6.38. The lowest BCUT2D eigenvalue weighted by molar-refractivity contribution is 0.109. The Bertz CT molecular complexity index is 879. The van der Waals surface area contributed by atoms with Crippen molar-refractivity contribution in [2.24, 2.45) is 5.73 Å². The largest absolute Gasteiger partial charge is 0.338 e. The molecule has 1 aliphatic heterocycles. The summed E-state index contributed by atoms with van der Waals surface area (Å²) in [6, 6.07) is 7.38. The zero-order chi connectivity index (χ0) is 18.6. The van der Waals surface area contributed by atoms with E-state index < -0.39 is 0 Å². The van der Waals surface area contributed by atoms with Gasteiger partial charge in [0.2, 0.25) is 17.6 Å². The number of rotatable bonds is 6. The molecule has 0 amide bonds. The molecule has 1 saturated heterocycles. The van der Waals surface area contributed by atoms with Gasteiger partial charge in [0.25, 0.3) is 0 Å². The summed E-state index contributed by atoms with van der Waals surface area (Å²) < 4.78 is 10.4. The van der Waals surface area contributed by atoms with E-state index in [0.29, 0.717) is 41.5 Å². The number of piperazine rings is 1. The fraction of sp³-hybridized carbons (Fsp3) is 0.412. The van der Waals surface area contributed by atoms with Crippen molar-refractivity contribution >= 4 is 36.4 Å². The molecule has 158 valence electrons. The van der Waals surface area contributed by atoms with Crippen molar-refractivity contribution in [2.75, 3.05) is 26.2 Å². The lowest BCUT2D eigenvalue weighted by atomic mass is 10.2. The van der Waals surface area contributed by atoms with Crippen LogP contribution in [0.15, 0.2) is 33.3 Å². The summed E-state index contributed by atoms with van der Waals surface area (Å²) >= 11 is 5.91. The Balaban J connectivity index is 0.00000150. The highest BCUT2D eigenvalue weighted by molar-refractivity contribution is 6.30. The molecule has 0 atom stereocenters. The van der Waals surface area contributed by atoms with E-state index in [0.717, 1.165) is 31.7 Å². The van der Waals surface area contributed by atoms with E-state index in [1.165, 1.54) is 0 Å². The number of hydrogen-bond acceptors (Lipinski definition) is 9. The molecule has 2 aromatic heterocycles. The van der Waals surface area contributed by atoms with Crippen molar-refractivity contribution in [3.63, 3.8) is 0 Å². The van der Waals surface area contributed by atoms with Crippen molar-refractivity contribution in [3.8, 4) is 11.4 Å². The van der Waals surface area contributed by atoms with Crippen LogP contribution in [0, 0.1) is 0 Å². The zero-order valence-electron chi connectivity index (χ0n) is 15.5. The predicted molar refractivity (Wildman–Crippen MR) is 112 cm³/mol. The van der Waals surface area contributed by atoms with Crippen LogP contribution >= 0.6 is 36.4 Å². The smallest absolute Gasteiger partial charge is 0.241 e. The van der Waals surface area contributed by atoms with Crippen LogP contribution in [0.25, 0.3) is 11.4 Å². The summed E-state index contributed by atoms with van der Waals surface area (Å²) in [5.41, 5.74) is 6.38. The SMILES string of the molecule is Cl.Cl.NCc1nc(CN2CCN(Cc3nc(-c4ccc(Cl)cc4)no3)CC2)no1. The van der Waals surface area contributed by atoms with Gasteiger partial charge < -0.3 is 14.8 Å². The fourth-order valence-corrected chi connectivity index (χ4v) is 3.10. The molecule has 12 heteroatoms. The Hall–Kier alpha value is -1.75. The minimum Gasteiger partial charge on any atom is -0.338 e. The number of nitrogens with two attached hydrogens (primary N) is 1. The van der Waals surface area contributed by atoms with E-state index in [-0.39, 0.29) is 31.4 Å². The van der Waals surface area contributed by atoms with Crippen molar-refractivity contribution in [1.82, 2.24) is 30.1 Å². The molecule has 0 radical (unpaired) electrons. The maximum atomic E-state index is 5.91. The van der Waals surface area contributed by atoms with Crippen molar-refractivity contribution < 1.29 is 9.05 Å². The molecule has 1 aliphatic rings. The number of nitrogens with zero attached hydrogens (tertiary/aromatic N) is 6. The highest BCUT2D eigenvalue weighted by Crippen LogP contribution is 2.19. The molecular weight excluding hydrogens is 441 g/mol. The molecule has 1 aromatic carbocycles. The average molecular weight is 463 g/mol. The lowest BCUT2D eigenvalue weighted by Crippen LogP contribution is -2.45. The molecule has 0 bridgehead atoms. The maximum absolute atomic E-state index is 5.91. The number of benzene rings is 1. The van der Waals surface area contributed by atoms with Crippen LogP contribution in [0.5, 0.6) is 0 Å². The van der Waals surface area contributed by atoms with Gasteiger partial charge in [-0.05, 0) is 24.3 Å². The van der Waals surface area contributed by atoms with Gasteiger partial charge in [0.1, 0.15) is 0 Å². The second-order valence-corrected chi connectivity index (χ2v) is 6.82. The maximum Gasteiger partial charge on any atom is 0.241 e. The van der Waals surface area contributed by atoms with Crippen LogP contribution in [0.2, 0.25) is 5.02 Å². The number of halogens is 3. The lowest BCUT2D eigenvalue weighted by Gasteiger charge is -2.33. The molecule has 3 heterocycles. The zero-order valence-corrected chi connectivity index (χ0v) is 17.9. The Morgan fingerprint density at radius 2 is 1.48 bits per heavy atom. The number of hydrogen-bond donors (Lipinski definition) is 1. The third-order valence-corrected chi connectivity index (χ3v) is 4.70. The van der Waals surface area contributed by atoms with Crippen LogP contribution in [0.1, 0.15) is 17.6 Å². The molecule has 0 unspecified atom stereocenters. The fourth-order valence-electron chi connectivity index (χ4n) is 2.97. The van der Waals surface area contributed by atoms with Gasteiger partial charge in [-0.1, -0.05) is 21.9 Å². The van der Waals surface area contributed by atoms with E-state index in [1.54, 1.807) is 0 Å². The highest BCUT2D eigenvalue weighted by atomic mass is 35.5. The molecule has 0 saturated carbocycles. The quantitative estimate of drug-likeness (QED) is 0.590. The van der Waals surface area contributed by atoms with Gasteiger partial charge in [-0.15, -0.1) is 24.8 Å². The molecule has 2 N–H and O–H groups in total. The van der Waals surface area contributed by atoms with Crippen molar-refractivity contribution in [2.45, 2.75) is 19.6 Å². The van der Waals surface area contributed by atoms with E-state index in [4.69, 9.17) is 26.4 Å². The summed E-state index contributed by atoms with van der Waals surface area (Å²) in [5, 5.41) is 8.68. The predicted octanol–water partition coefficient (Wildman–Crippen LogP) is 2.39. The van der Waals surface area contributed by atoms with Crippen LogP contribution in [-0.2, 0) is 19.6 Å². The minimum absolute atomic E-state index is 0. The summed E-state index contributed by atoms with van der Waals surface area (Å²) in [6.07, 6.45) is 0. The topological polar surface area (TPSA) is 110 Å². The molecule has 3 aromatic rings. The Kier molecular flexibility index (Phi) is 8.81. The highest BCUT2D eigenvalue weighted by Gasteiger charge is 2.21. The van der Waals surface area contributed by atoms with Gasteiger partial charge in [0.15, 0.2) is 5.82 Å². The standard InChI is InChI=1S/C17H20ClN7O2.2ClH/c18-13-3-1-12(2-4-13)17-21-16(27-23-17)11-25-7-5-24(6-8-25)10-14-20-15(9-19)26-22-14;;/h1-4H,5-11,19H2;2*1H. The van der Waals surface area contributed by atoms with Gasteiger partial charge in [-0.2, -0.15) is 9.97 Å². The first kappa shape index (κ1) is 23.5. The molecule has 0 aliphatic carbocycles. The van der Waals surface area contributed by atoms with Crippen LogP contribution < -0.4 is 5.73 Å². The molecule has 9 nitrogen and oxygen atoms in total. The first-order valence-corrected chi connectivity index (χ1v) is 9.12. The summed E-state index contributed by atoms with van der Waals surface area (Å²) in [6.45, 7) is 5.19. The van der Waals surface area contributed by atoms with Gasteiger partial charge >= 0.3 is 0 Å². The van der Waals surface area contributed by atoms with Gasteiger partial charge in [-0.3, -0.25) is 9.80 Å². The number of aromatic nitrogens is 4. The average Bonchev–Trinajstić information content (AvgIpc) is 3.33. The van der Waals surface area contributed by atoms with E-state index >= 15 is 0 Å². The third kappa shape index (κ3) is 6.11. The molecular formula is C17H22Cl3N7O2. The third-order valence-electron chi connectivity index (χ3n) is 4.44. The first-order chi connectivity index (χ1) is 13.2. The van der Waals surface area contributed by atoms with E-state index in [2.05, 4.69) is 30.1 Å². The second kappa shape index (κ2) is 10.9. The first-order valence-electron chi connectivity index (χ1n) is 8.74. The van der Waals surface area contributed by atoms with Crippen molar-refractivity contribution in [3.05, 3.63) is 46.9 Å². The van der Waals surface area contributed by atoms with E-state index in [9.17, 15) is 0 Å². The van der Waals surface area contributed by atoms with Crippen LogP contribution in [0.4, 0.5) is 0 Å². The van der Waals surface area contributed by atoms with Crippen molar-refractivity contribution in [1.29, 1.82) is 0 Å². The molecule has 29 heavy (non-hydrogen) atoms. The Labute approximate surface area is 185 Å². The van der Waals surface area contributed by atoms with Gasteiger partial charge in [0.05, 0.1) is 19.6 Å². The monoisotopic (exact) mass is 461 g/mol. The molecule has 0 spiro atoms. The summed E-state index contributed by atoms with van der Waals surface area (Å²) in [5.74, 6) is 2.33. The molecule has 4 rings (SSSR count). The summed E-state index contributed by atoms with van der Waals surface area (Å²) in [7, 11) is 0. The summed E-state index contributed by atoms with van der Waals surface area (Å²) in [4.78, 5) is 13.3. The van der Waals surface area contributed by atoms with Crippen LogP contribution in [-0.4, -0.2) is 56.3 Å². The Morgan fingerprint density at radius 3 is 2.10 bits per heavy atom. The minimum atomic E-state index is 0. The normalized spacial score (nSPS) is 15.0. The van der Waals surface area contributed by atoms with Crippen LogP contribution in [0.3, 0.4) is 0 Å². The van der Waals surface area contributed by atoms with Gasteiger partial charge in [0, 0.05) is 36.8 Å². The molecule has 1 fully saturated rings. The van der Waals surface area contributed by atoms with Gasteiger partial charge in [-0.25, -0.2) is 0 Å². The van der Waals surface area contributed by atoms with E-state index in [1.807, 2.05) is 24.3 Å². The Morgan fingerprint density at radius 1 is 0.862 bits per heavy atom.